The van der Waals surface area contributed by atoms with Gasteiger partial charge in [-0.05, 0) is 6.42 Å². The van der Waals surface area contributed by atoms with Crippen LogP contribution in [0, 0.1) is 11.3 Å². The van der Waals surface area contributed by atoms with E-state index >= 15 is 0 Å². The summed E-state index contributed by atoms with van der Waals surface area (Å²) in [6.45, 7) is 5.33. The zero-order valence-electron chi connectivity index (χ0n) is 12.1. The number of anilines is 2. The minimum Gasteiger partial charge on any atom is -0.396 e. The van der Waals surface area contributed by atoms with Gasteiger partial charge in [-0.3, -0.25) is 0 Å². The summed E-state index contributed by atoms with van der Waals surface area (Å²) >= 11 is 3.11. The molecular weight excluding hydrogens is 326 g/mol. The number of rotatable bonds is 4. The lowest BCUT2D eigenvalue weighted by Crippen LogP contribution is -2.37. The number of nitriles is 1. The molecule has 0 aromatic carbocycles. The van der Waals surface area contributed by atoms with E-state index in [1.165, 1.54) is 11.3 Å². The number of nitrogens with zero attached hydrogens (tertiary/aromatic N) is 2. The zero-order valence-corrected chi connectivity index (χ0v) is 14.6. The lowest BCUT2D eigenvalue weighted by atomic mass is 10.3. The molecule has 1 fully saturated rings. The van der Waals surface area contributed by atoms with Crippen LogP contribution >= 0.6 is 23.1 Å². The van der Waals surface area contributed by atoms with Crippen molar-refractivity contribution in [3.05, 3.63) is 4.88 Å². The van der Waals surface area contributed by atoms with Crippen LogP contribution in [0.25, 0.3) is 0 Å². The largest absolute Gasteiger partial charge is 0.396 e. The van der Waals surface area contributed by atoms with Gasteiger partial charge in [-0.2, -0.15) is 17.0 Å². The maximum Gasteiger partial charge on any atom is 0.183 e. The third-order valence-electron chi connectivity index (χ3n) is 3.56. The first-order valence-electron chi connectivity index (χ1n) is 6.86. The molecule has 0 saturated carbocycles. The lowest BCUT2D eigenvalue weighted by Gasteiger charge is -2.33. The Balaban J connectivity index is 2.51. The Labute approximate surface area is 134 Å². The molecule has 0 bridgehead atoms. The van der Waals surface area contributed by atoms with Crippen LogP contribution in [0.3, 0.4) is 0 Å². The summed E-state index contributed by atoms with van der Waals surface area (Å²) in [6, 6.07) is 2.01. The molecule has 0 aliphatic carbocycles. The number of nitrogens with two attached hydrogens (primary N) is 1. The highest BCUT2D eigenvalue weighted by molar-refractivity contribution is 8.00. The number of hydrogen-bond acceptors (Lipinski definition) is 7. The Hall–Kier alpha value is -0.910. The second-order valence-corrected chi connectivity index (χ2v) is 9.46. The predicted molar refractivity (Wildman–Crippen MR) is 89.9 cm³/mol. The average Bonchev–Trinajstić information content (AvgIpc) is 2.84. The van der Waals surface area contributed by atoms with Gasteiger partial charge in [-0.15, -0.1) is 11.3 Å². The monoisotopic (exact) mass is 345 g/mol. The summed E-state index contributed by atoms with van der Waals surface area (Å²) in [5.41, 5.74) is 6.04. The number of nitrogen functional groups attached to an aromatic ring is 1. The minimum absolute atomic E-state index is 0.00834. The molecule has 8 heteroatoms. The second-order valence-electron chi connectivity index (χ2n) is 4.84. The first kappa shape index (κ1) is 16.5. The molecule has 1 aliphatic heterocycles. The van der Waals surface area contributed by atoms with Crippen LogP contribution in [0.2, 0.25) is 0 Å². The molecule has 2 N–H and O–H groups in total. The molecule has 5 nitrogen and oxygen atoms in total. The molecule has 1 aromatic heterocycles. The molecule has 0 amide bonds. The molecule has 1 saturated heterocycles. The van der Waals surface area contributed by atoms with E-state index in [1.54, 1.807) is 6.92 Å². The van der Waals surface area contributed by atoms with E-state index in [0.717, 1.165) is 25.3 Å². The summed E-state index contributed by atoms with van der Waals surface area (Å²) in [5.74, 6) is 0.954. The van der Waals surface area contributed by atoms with Gasteiger partial charge in [0.2, 0.25) is 0 Å². The molecule has 1 aliphatic rings. The number of thioether (sulfide) groups is 1. The fourth-order valence-electron chi connectivity index (χ4n) is 2.30. The van der Waals surface area contributed by atoms with Gasteiger partial charge in [0.15, 0.2) is 9.84 Å². The SMILES string of the molecule is CCC1CN(c2sc(C#N)c(N)c2S(=O)(=O)CC)CCS1. The Morgan fingerprint density at radius 1 is 1.48 bits per heavy atom. The Kier molecular flexibility index (Phi) is 5.07. The first-order valence-corrected chi connectivity index (χ1v) is 10.4. The van der Waals surface area contributed by atoms with Gasteiger partial charge in [0.1, 0.15) is 20.8 Å². The predicted octanol–water partition coefficient (Wildman–Crippen LogP) is 2.33. The smallest absolute Gasteiger partial charge is 0.183 e. The maximum atomic E-state index is 12.4. The first-order chi connectivity index (χ1) is 9.94. The molecule has 21 heavy (non-hydrogen) atoms. The van der Waals surface area contributed by atoms with E-state index in [2.05, 4.69) is 11.8 Å². The summed E-state index contributed by atoms with van der Waals surface area (Å²) in [7, 11) is -3.44. The van der Waals surface area contributed by atoms with Crippen LogP contribution in [-0.2, 0) is 9.84 Å². The van der Waals surface area contributed by atoms with E-state index in [-0.39, 0.29) is 16.3 Å². The van der Waals surface area contributed by atoms with Gasteiger partial charge < -0.3 is 10.6 Å². The molecule has 2 rings (SSSR count). The van der Waals surface area contributed by atoms with Crippen molar-refractivity contribution in [1.82, 2.24) is 0 Å². The molecule has 1 unspecified atom stereocenters. The molecule has 0 radical (unpaired) electrons. The Bertz CT molecular complexity index is 661. The van der Waals surface area contributed by atoms with Crippen molar-refractivity contribution in [3.63, 3.8) is 0 Å². The van der Waals surface area contributed by atoms with Crippen molar-refractivity contribution in [1.29, 1.82) is 5.26 Å². The van der Waals surface area contributed by atoms with Gasteiger partial charge in [-0.25, -0.2) is 8.42 Å². The number of thiophene rings is 1. The molecule has 0 spiro atoms. The van der Waals surface area contributed by atoms with Crippen molar-refractivity contribution >= 4 is 43.6 Å². The van der Waals surface area contributed by atoms with Gasteiger partial charge in [0, 0.05) is 24.1 Å². The summed E-state index contributed by atoms with van der Waals surface area (Å²) in [5, 5.41) is 10.3. The van der Waals surface area contributed by atoms with E-state index in [9.17, 15) is 8.42 Å². The average molecular weight is 346 g/mol. The van der Waals surface area contributed by atoms with Gasteiger partial charge in [0.25, 0.3) is 0 Å². The van der Waals surface area contributed by atoms with Crippen molar-refractivity contribution < 1.29 is 8.42 Å². The fourth-order valence-corrected chi connectivity index (χ4v) is 6.12. The molecular formula is C13H19N3O2S3. The second kappa shape index (κ2) is 6.46. The lowest BCUT2D eigenvalue weighted by molar-refractivity contribution is 0.597. The molecule has 116 valence electrons. The highest BCUT2D eigenvalue weighted by atomic mass is 32.2. The maximum absolute atomic E-state index is 12.4. The van der Waals surface area contributed by atoms with E-state index in [0.29, 0.717) is 15.1 Å². The van der Waals surface area contributed by atoms with Crippen LogP contribution in [0.1, 0.15) is 25.1 Å². The van der Waals surface area contributed by atoms with E-state index in [1.807, 2.05) is 17.8 Å². The van der Waals surface area contributed by atoms with E-state index in [4.69, 9.17) is 11.0 Å². The fraction of sp³-hybridized carbons (Fsp3) is 0.615. The van der Waals surface area contributed by atoms with Crippen molar-refractivity contribution in [2.24, 2.45) is 0 Å². The quantitative estimate of drug-likeness (QED) is 0.901. The highest BCUT2D eigenvalue weighted by Crippen LogP contribution is 2.43. The topological polar surface area (TPSA) is 87.2 Å². The van der Waals surface area contributed by atoms with Crippen LogP contribution in [0.4, 0.5) is 10.7 Å². The number of hydrogen-bond donors (Lipinski definition) is 1. The van der Waals surface area contributed by atoms with Crippen molar-refractivity contribution in [2.45, 2.75) is 30.4 Å². The molecule has 1 aromatic rings. The van der Waals surface area contributed by atoms with Crippen LogP contribution in [0.15, 0.2) is 4.90 Å². The Morgan fingerprint density at radius 2 is 2.19 bits per heavy atom. The van der Waals surface area contributed by atoms with Crippen LogP contribution in [-0.4, -0.2) is 38.3 Å². The zero-order chi connectivity index (χ0) is 15.6. The van der Waals surface area contributed by atoms with Crippen LogP contribution in [0.5, 0.6) is 0 Å². The van der Waals surface area contributed by atoms with Gasteiger partial charge >= 0.3 is 0 Å². The van der Waals surface area contributed by atoms with Crippen LogP contribution < -0.4 is 10.6 Å². The minimum atomic E-state index is -3.44. The normalized spacial score (nSPS) is 19.5. The third kappa shape index (κ3) is 3.15. The Morgan fingerprint density at radius 3 is 2.76 bits per heavy atom. The summed E-state index contributed by atoms with van der Waals surface area (Å²) in [6.07, 6.45) is 1.04. The summed E-state index contributed by atoms with van der Waals surface area (Å²) in [4.78, 5) is 2.53. The highest BCUT2D eigenvalue weighted by Gasteiger charge is 2.31. The number of sulfone groups is 1. The molecule has 2 heterocycles. The van der Waals surface area contributed by atoms with Gasteiger partial charge in [0.05, 0.1) is 11.4 Å². The summed E-state index contributed by atoms with van der Waals surface area (Å²) < 4.78 is 24.7. The van der Waals surface area contributed by atoms with Crippen molar-refractivity contribution in [2.75, 3.05) is 35.2 Å². The van der Waals surface area contributed by atoms with Crippen molar-refractivity contribution in [3.8, 4) is 6.07 Å². The van der Waals surface area contributed by atoms with E-state index < -0.39 is 9.84 Å². The standard InChI is InChI=1S/C13H19N3O2S3/c1-3-9-8-16(5-6-19-9)13-12(21(17,18)4-2)11(15)10(7-14)20-13/h9H,3-6,8,15H2,1-2H3. The van der Waals surface area contributed by atoms with Gasteiger partial charge in [-0.1, -0.05) is 13.8 Å². The third-order valence-corrected chi connectivity index (χ3v) is 8.02. The molecule has 1 atom stereocenters.